The Kier molecular flexibility index (Phi) is 4.10. The van der Waals surface area contributed by atoms with Crippen molar-refractivity contribution in [3.8, 4) is 0 Å². The van der Waals surface area contributed by atoms with Crippen LogP contribution in [0.4, 0.5) is 0 Å². The number of rotatable bonds is 6. The highest BCUT2D eigenvalue weighted by Crippen LogP contribution is 2.41. The number of hydrogen-bond donors (Lipinski definition) is 1. The molecule has 2 unspecified atom stereocenters. The van der Waals surface area contributed by atoms with E-state index in [-0.39, 0.29) is 5.25 Å². The van der Waals surface area contributed by atoms with E-state index in [1.807, 2.05) is 24.5 Å². The van der Waals surface area contributed by atoms with Gasteiger partial charge in [0.15, 0.2) is 0 Å². The molecular weight excluding hydrogens is 240 g/mol. The predicted octanol–water partition coefficient (Wildman–Crippen LogP) is 1.88. The maximum atomic E-state index is 11.1. The Balaban J connectivity index is 1.74. The van der Waals surface area contributed by atoms with Gasteiger partial charge in [-0.25, -0.2) is 4.98 Å². The summed E-state index contributed by atoms with van der Waals surface area (Å²) in [7, 11) is -0.735. The normalized spacial score (nSPS) is 19.6. The largest absolute Gasteiger partial charge is 0.311 e. The molecule has 1 saturated carbocycles. The summed E-state index contributed by atoms with van der Waals surface area (Å²) in [6.07, 6.45) is 6.35. The van der Waals surface area contributed by atoms with Gasteiger partial charge in [0.2, 0.25) is 0 Å². The first kappa shape index (κ1) is 12.2. The summed E-state index contributed by atoms with van der Waals surface area (Å²) < 4.78 is 11.1. The Labute approximate surface area is 103 Å². The molecule has 0 saturated heterocycles. The molecule has 16 heavy (non-hydrogen) atoms. The van der Waals surface area contributed by atoms with Crippen LogP contribution in [0.25, 0.3) is 0 Å². The third kappa shape index (κ3) is 3.37. The van der Waals surface area contributed by atoms with Crippen LogP contribution in [-0.2, 0) is 17.3 Å². The minimum absolute atomic E-state index is 0.218. The Morgan fingerprint density at radius 1 is 1.69 bits per heavy atom. The molecular formula is C11H18N2OS2. The fourth-order valence-electron chi connectivity index (χ4n) is 1.44. The van der Waals surface area contributed by atoms with Gasteiger partial charge in [-0.1, -0.05) is 0 Å². The fourth-order valence-corrected chi connectivity index (χ4v) is 2.85. The standard InChI is InChI=1S/C11H18N2OS2/c1-8(16(2)14)5-12-6-10-7-13-11(15-10)9-3-4-9/h7-9,12H,3-6H2,1-2H3. The van der Waals surface area contributed by atoms with Gasteiger partial charge >= 0.3 is 0 Å². The van der Waals surface area contributed by atoms with Crippen molar-refractivity contribution in [3.05, 3.63) is 16.1 Å². The molecule has 1 aromatic rings. The lowest BCUT2D eigenvalue weighted by Gasteiger charge is -2.08. The van der Waals surface area contributed by atoms with Gasteiger partial charge in [0.1, 0.15) is 0 Å². The van der Waals surface area contributed by atoms with E-state index in [1.54, 1.807) is 6.26 Å². The quantitative estimate of drug-likeness (QED) is 0.847. The van der Waals surface area contributed by atoms with Gasteiger partial charge < -0.3 is 5.32 Å². The number of nitrogens with zero attached hydrogens (tertiary/aromatic N) is 1. The summed E-state index contributed by atoms with van der Waals surface area (Å²) >= 11 is 1.81. The van der Waals surface area contributed by atoms with Crippen molar-refractivity contribution in [2.75, 3.05) is 12.8 Å². The smallest absolute Gasteiger partial charge is 0.0959 e. The van der Waals surface area contributed by atoms with Crippen molar-refractivity contribution >= 4 is 22.1 Å². The average molecular weight is 258 g/mol. The van der Waals surface area contributed by atoms with Crippen LogP contribution in [0, 0.1) is 0 Å². The number of nitrogens with one attached hydrogen (secondary N) is 1. The minimum Gasteiger partial charge on any atom is -0.311 e. The molecule has 1 aliphatic rings. The molecule has 2 atom stereocenters. The van der Waals surface area contributed by atoms with Gasteiger partial charge in [-0.05, 0) is 19.8 Å². The zero-order chi connectivity index (χ0) is 11.5. The Morgan fingerprint density at radius 2 is 2.44 bits per heavy atom. The first-order valence-corrected chi connectivity index (χ1v) is 8.08. The Morgan fingerprint density at radius 3 is 3.06 bits per heavy atom. The topological polar surface area (TPSA) is 42.0 Å². The van der Waals surface area contributed by atoms with E-state index in [4.69, 9.17) is 0 Å². The summed E-state index contributed by atoms with van der Waals surface area (Å²) in [5.41, 5.74) is 0. The molecule has 0 bridgehead atoms. The van der Waals surface area contributed by atoms with Gasteiger partial charge in [0, 0.05) is 52.4 Å². The van der Waals surface area contributed by atoms with E-state index in [1.165, 1.54) is 22.7 Å². The summed E-state index contributed by atoms with van der Waals surface area (Å²) in [5.74, 6) is 0.751. The maximum absolute atomic E-state index is 11.1. The molecule has 0 aliphatic heterocycles. The highest BCUT2D eigenvalue weighted by Gasteiger charge is 2.26. The summed E-state index contributed by atoms with van der Waals surface area (Å²) in [6.45, 7) is 3.66. The van der Waals surface area contributed by atoms with Crippen LogP contribution in [0.5, 0.6) is 0 Å². The molecule has 1 N–H and O–H groups in total. The zero-order valence-corrected chi connectivity index (χ0v) is 11.4. The molecule has 1 heterocycles. The molecule has 1 aromatic heterocycles. The summed E-state index contributed by atoms with van der Waals surface area (Å²) in [4.78, 5) is 5.72. The van der Waals surface area contributed by atoms with Gasteiger partial charge in [-0.3, -0.25) is 4.21 Å². The van der Waals surface area contributed by atoms with Gasteiger partial charge in [-0.15, -0.1) is 11.3 Å². The van der Waals surface area contributed by atoms with Crippen LogP contribution in [-0.4, -0.2) is 27.2 Å². The van der Waals surface area contributed by atoms with Crippen molar-refractivity contribution in [1.82, 2.24) is 10.3 Å². The minimum atomic E-state index is -0.735. The molecule has 3 nitrogen and oxygen atoms in total. The molecule has 1 aliphatic carbocycles. The van der Waals surface area contributed by atoms with E-state index < -0.39 is 10.8 Å². The average Bonchev–Trinajstić information content (AvgIpc) is 2.99. The van der Waals surface area contributed by atoms with E-state index in [0.717, 1.165) is 19.0 Å². The molecule has 90 valence electrons. The molecule has 2 rings (SSSR count). The second-order valence-corrected chi connectivity index (χ2v) is 7.33. The molecule has 0 aromatic carbocycles. The third-order valence-corrected chi connectivity index (χ3v) is 5.26. The predicted molar refractivity (Wildman–Crippen MR) is 69.3 cm³/mol. The van der Waals surface area contributed by atoms with Gasteiger partial charge in [0.25, 0.3) is 0 Å². The van der Waals surface area contributed by atoms with Crippen LogP contribution >= 0.6 is 11.3 Å². The fraction of sp³-hybridized carbons (Fsp3) is 0.727. The SMILES string of the molecule is CC(CNCc1cnc(C2CC2)s1)S(C)=O. The van der Waals surface area contributed by atoms with Crippen molar-refractivity contribution < 1.29 is 4.21 Å². The molecule has 5 heteroatoms. The second-order valence-electron chi connectivity index (χ2n) is 4.38. The highest BCUT2D eigenvalue weighted by atomic mass is 32.2. The van der Waals surface area contributed by atoms with E-state index in [0.29, 0.717) is 0 Å². The van der Waals surface area contributed by atoms with Crippen molar-refractivity contribution in [1.29, 1.82) is 0 Å². The van der Waals surface area contributed by atoms with Crippen molar-refractivity contribution in [3.63, 3.8) is 0 Å². The lowest BCUT2D eigenvalue weighted by Crippen LogP contribution is -2.26. The number of hydrogen-bond acceptors (Lipinski definition) is 4. The maximum Gasteiger partial charge on any atom is 0.0959 e. The van der Waals surface area contributed by atoms with Crippen molar-refractivity contribution in [2.24, 2.45) is 0 Å². The van der Waals surface area contributed by atoms with Crippen LogP contribution < -0.4 is 5.32 Å². The van der Waals surface area contributed by atoms with Crippen molar-refractivity contribution in [2.45, 2.75) is 37.5 Å². The van der Waals surface area contributed by atoms with Crippen LogP contribution in [0.2, 0.25) is 0 Å². The third-order valence-electron chi connectivity index (χ3n) is 2.80. The lowest BCUT2D eigenvalue weighted by molar-refractivity contribution is 0.649. The zero-order valence-electron chi connectivity index (χ0n) is 9.73. The highest BCUT2D eigenvalue weighted by molar-refractivity contribution is 7.84. The van der Waals surface area contributed by atoms with E-state index in [2.05, 4.69) is 10.3 Å². The lowest BCUT2D eigenvalue weighted by atomic mass is 10.4. The monoisotopic (exact) mass is 258 g/mol. The van der Waals surface area contributed by atoms with Gasteiger partial charge in [-0.2, -0.15) is 0 Å². The summed E-state index contributed by atoms with van der Waals surface area (Å²) in [6, 6.07) is 0. The van der Waals surface area contributed by atoms with E-state index in [9.17, 15) is 4.21 Å². The number of aromatic nitrogens is 1. The van der Waals surface area contributed by atoms with Crippen LogP contribution in [0.3, 0.4) is 0 Å². The van der Waals surface area contributed by atoms with Gasteiger partial charge in [0.05, 0.1) is 5.01 Å². The Hall–Kier alpha value is -0.260. The molecule has 0 radical (unpaired) electrons. The number of thiazole rings is 1. The van der Waals surface area contributed by atoms with E-state index >= 15 is 0 Å². The molecule has 0 spiro atoms. The first-order chi connectivity index (χ1) is 7.66. The molecule has 0 amide bonds. The summed E-state index contributed by atoms with van der Waals surface area (Å²) in [5, 5.41) is 4.85. The first-order valence-electron chi connectivity index (χ1n) is 5.64. The van der Waals surface area contributed by atoms with Crippen LogP contribution in [0.15, 0.2) is 6.20 Å². The Bertz CT molecular complexity index is 374. The van der Waals surface area contributed by atoms with Crippen LogP contribution in [0.1, 0.15) is 35.6 Å². The second kappa shape index (κ2) is 5.38. The molecule has 1 fully saturated rings.